The molecule has 2 aliphatic heterocycles. The number of hydrogen-bond acceptors (Lipinski definition) is 13. The molecule has 1 unspecified atom stereocenters. The van der Waals surface area contributed by atoms with Crippen LogP contribution in [0.5, 0.6) is 0 Å². The number of primary amides is 1. The number of carbonyl (C=O) groups excluding carboxylic acids is 5. The molecule has 2 aliphatic rings. The van der Waals surface area contributed by atoms with Crippen molar-refractivity contribution in [2.75, 3.05) is 19.2 Å². The van der Waals surface area contributed by atoms with Crippen LogP contribution in [0.25, 0.3) is 0 Å². The Morgan fingerprint density at radius 2 is 2.00 bits per heavy atom. The summed E-state index contributed by atoms with van der Waals surface area (Å²) >= 11 is 2.14. The molecule has 1 saturated heterocycles. The average molecular weight is 557 g/mol. The van der Waals surface area contributed by atoms with Crippen LogP contribution in [-0.2, 0) is 33.4 Å². The number of nitrogens with two attached hydrogens (primary N) is 1. The summed E-state index contributed by atoms with van der Waals surface area (Å²) in [6.45, 7) is 3.74. The van der Waals surface area contributed by atoms with Crippen LogP contribution in [0.1, 0.15) is 26.5 Å². The number of oxime groups is 1. The van der Waals surface area contributed by atoms with Gasteiger partial charge in [0.25, 0.3) is 11.8 Å². The maximum absolute atomic E-state index is 13.0. The molecule has 17 heteroatoms. The van der Waals surface area contributed by atoms with E-state index in [0.717, 1.165) is 16.2 Å². The van der Waals surface area contributed by atoms with Crippen molar-refractivity contribution in [1.29, 1.82) is 5.41 Å². The van der Waals surface area contributed by atoms with Crippen LogP contribution in [0.15, 0.2) is 21.8 Å². The van der Waals surface area contributed by atoms with E-state index in [4.69, 9.17) is 25.4 Å². The zero-order chi connectivity index (χ0) is 27.5. The third kappa shape index (κ3) is 6.11. The summed E-state index contributed by atoms with van der Waals surface area (Å²) in [6, 6.07) is -1.09. The van der Waals surface area contributed by atoms with Gasteiger partial charge in [0.1, 0.15) is 23.7 Å². The predicted molar refractivity (Wildman–Crippen MR) is 127 cm³/mol. The standard InChI is InChI=1S/C20H24N6O9S2/c1-20(2,3)17(30)35-7-34-16(29)12-8(4-33-19(22)31)5-36-15-11(14(28)26(12)15)24-13(27)10(25-32)9-6-37-18(21)23-9/h6,11,15,32H,4-5,7H2,1-3H3,(H2,21,23)(H2,22,31)(H,24,27)/t11?,15-/m0/s1. The third-order valence-corrected chi connectivity index (χ3v) is 7.05. The lowest BCUT2D eigenvalue weighted by Crippen LogP contribution is -2.71. The monoisotopic (exact) mass is 556 g/mol. The van der Waals surface area contributed by atoms with Crippen molar-refractivity contribution < 1.29 is 43.4 Å². The topological polar surface area (TPSA) is 227 Å². The van der Waals surface area contributed by atoms with Gasteiger partial charge in [-0.05, 0) is 20.8 Å². The average Bonchev–Trinajstić information content (AvgIpc) is 3.25. The number of nitrogens with one attached hydrogen (secondary N) is 3. The van der Waals surface area contributed by atoms with E-state index in [1.54, 1.807) is 20.8 Å². The van der Waals surface area contributed by atoms with E-state index < -0.39 is 65.8 Å². The molecule has 0 saturated carbocycles. The Hall–Kier alpha value is -3.86. The highest BCUT2D eigenvalue weighted by molar-refractivity contribution is 8.00. The van der Waals surface area contributed by atoms with Gasteiger partial charge < -0.3 is 35.5 Å². The SMILES string of the molecule is CC(C)(C)C(=O)OCOC(=O)C1=C(COC(N)=O)CS[C@H]2C(NC(=O)C(=NO)c3csc(=N)[nH]3)C(=O)N12. The highest BCUT2D eigenvalue weighted by atomic mass is 32.2. The van der Waals surface area contributed by atoms with Crippen LogP contribution in [0.3, 0.4) is 0 Å². The zero-order valence-electron chi connectivity index (χ0n) is 19.9. The van der Waals surface area contributed by atoms with E-state index in [0.29, 0.717) is 0 Å². The van der Waals surface area contributed by atoms with Crippen molar-refractivity contribution in [2.45, 2.75) is 32.2 Å². The lowest BCUT2D eigenvalue weighted by molar-refractivity contribution is -0.173. The first-order chi connectivity index (χ1) is 17.3. The molecule has 2 atom stereocenters. The van der Waals surface area contributed by atoms with Gasteiger partial charge in [-0.2, -0.15) is 0 Å². The van der Waals surface area contributed by atoms with E-state index in [2.05, 4.69) is 15.5 Å². The summed E-state index contributed by atoms with van der Waals surface area (Å²) < 4.78 is 14.8. The minimum absolute atomic E-state index is 0.0184. The number of β-lactam (4-membered cyclic amide) rings is 1. The molecule has 1 aromatic heterocycles. The summed E-state index contributed by atoms with van der Waals surface area (Å²) in [5, 5.41) is 22.9. The number of amides is 3. The van der Waals surface area contributed by atoms with Gasteiger partial charge in [0, 0.05) is 16.7 Å². The molecular formula is C20H24N6O9S2. The highest BCUT2D eigenvalue weighted by Gasteiger charge is 2.55. The van der Waals surface area contributed by atoms with Crippen LogP contribution in [0, 0.1) is 10.8 Å². The fourth-order valence-corrected chi connectivity index (χ4v) is 5.11. The molecule has 0 aliphatic carbocycles. The second-order valence-corrected chi connectivity index (χ2v) is 10.7. The van der Waals surface area contributed by atoms with Crippen LogP contribution in [-0.4, -0.2) is 81.2 Å². The first-order valence-electron chi connectivity index (χ1n) is 10.5. The Kier molecular flexibility index (Phi) is 8.27. The molecule has 6 N–H and O–H groups in total. The fourth-order valence-electron chi connectivity index (χ4n) is 3.21. The van der Waals surface area contributed by atoms with Crippen LogP contribution < -0.4 is 15.9 Å². The van der Waals surface area contributed by atoms with E-state index in [9.17, 15) is 29.2 Å². The molecule has 0 spiro atoms. The molecule has 0 radical (unpaired) electrons. The molecule has 37 heavy (non-hydrogen) atoms. The number of aromatic amines is 1. The smallest absolute Gasteiger partial charge is 0.404 e. The molecule has 3 heterocycles. The van der Waals surface area contributed by atoms with Crippen molar-refractivity contribution in [3.63, 3.8) is 0 Å². The molecule has 1 aromatic rings. The van der Waals surface area contributed by atoms with Gasteiger partial charge in [-0.25, -0.2) is 9.59 Å². The summed E-state index contributed by atoms with van der Waals surface area (Å²) in [7, 11) is 0. The minimum atomic E-state index is -1.09. The molecule has 0 bridgehead atoms. The quantitative estimate of drug-likeness (QED) is 0.0693. The molecule has 1 fully saturated rings. The van der Waals surface area contributed by atoms with E-state index in [-0.39, 0.29) is 27.5 Å². The first kappa shape index (κ1) is 27.7. The van der Waals surface area contributed by atoms with Gasteiger partial charge in [0.05, 0.1) is 11.1 Å². The number of carbonyl (C=O) groups is 5. The number of aromatic nitrogens is 1. The lowest BCUT2D eigenvalue weighted by Gasteiger charge is -2.49. The van der Waals surface area contributed by atoms with Gasteiger partial charge in [-0.1, -0.05) is 5.16 Å². The number of esters is 2. The highest BCUT2D eigenvalue weighted by Crippen LogP contribution is 2.40. The van der Waals surface area contributed by atoms with Crippen molar-refractivity contribution in [3.8, 4) is 0 Å². The van der Waals surface area contributed by atoms with Crippen molar-refractivity contribution in [3.05, 3.63) is 27.1 Å². The normalized spacial score (nSPS) is 19.5. The number of nitrogens with zero attached hydrogens (tertiary/aromatic N) is 2. The lowest BCUT2D eigenvalue weighted by atomic mass is 9.98. The number of fused-ring (bicyclic) bond motifs is 1. The largest absolute Gasteiger partial charge is 0.445 e. The van der Waals surface area contributed by atoms with E-state index in [1.165, 1.54) is 17.1 Å². The summed E-state index contributed by atoms with van der Waals surface area (Å²) in [5.74, 6) is -3.09. The fraction of sp³-hybridized carbons (Fsp3) is 0.450. The van der Waals surface area contributed by atoms with Gasteiger partial charge in [-0.15, -0.1) is 23.1 Å². The summed E-state index contributed by atoms with van der Waals surface area (Å²) in [5.41, 5.74) is 3.82. The Morgan fingerprint density at radius 1 is 1.30 bits per heavy atom. The zero-order valence-corrected chi connectivity index (χ0v) is 21.5. The van der Waals surface area contributed by atoms with E-state index >= 15 is 0 Å². The maximum atomic E-state index is 13.0. The number of thiazole rings is 1. The van der Waals surface area contributed by atoms with Crippen molar-refractivity contribution >= 4 is 58.7 Å². The van der Waals surface area contributed by atoms with Gasteiger partial charge in [-0.3, -0.25) is 24.7 Å². The summed E-state index contributed by atoms with van der Waals surface area (Å²) in [6.07, 6.45) is -1.09. The van der Waals surface area contributed by atoms with Crippen molar-refractivity contribution in [1.82, 2.24) is 15.2 Å². The molecule has 15 nitrogen and oxygen atoms in total. The van der Waals surface area contributed by atoms with Gasteiger partial charge in [0.15, 0.2) is 10.5 Å². The van der Waals surface area contributed by atoms with Gasteiger partial charge in [0.2, 0.25) is 6.79 Å². The Morgan fingerprint density at radius 3 is 2.57 bits per heavy atom. The number of ether oxygens (including phenoxy) is 3. The summed E-state index contributed by atoms with van der Waals surface area (Å²) in [4.78, 5) is 65.2. The number of H-pyrrole nitrogens is 1. The molecule has 3 amide bonds. The van der Waals surface area contributed by atoms with Gasteiger partial charge >= 0.3 is 18.0 Å². The van der Waals surface area contributed by atoms with Crippen molar-refractivity contribution in [2.24, 2.45) is 16.3 Å². The Balaban J connectivity index is 1.76. The predicted octanol–water partition coefficient (Wildman–Crippen LogP) is -0.427. The Bertz CT molecular complexity index is 1250. The third-order valence-electron chi connectivity index (χ3n) is 5.02. The van der Waals surface area contributed by atoms with Crippen LogP contribution in [0.2, 0.25) is 0 Å². The Labute approximate surface area is 217 Å². The molecule has 200 valence electrons. The molecular weight excluding hydrogens is 532 g/mol. The minimum Gasteiger partial charge on any atom is -0.445 e. The van der Waals surface area contributed by atoms with Crippen LogP contribution >= 0.6 is 23.1 Å². The number of rotatable bonds is 8. The molecule has 0 aromatic carbocycles. The van der Waals surface area contributed by atoms with Crippen LogP contribution in [0.4, 0.5) is 4.79 Å². The van der Waals surface area contributed by atoms with E-state index in [1.807, 2.05) is 0 Å². The second kappa shape index (κ2) is 11.0. The number of hydrogen-bond donors (Lipinski definition) is 5. The molecule has 3 rings (SSSR count). The first-order valence-corrected chi connectivity index (χ1v) is 12.5. The second-order valence-electron chi connectivity index (χ2n) is 8.70. The maximum Gasteiger partial charge on any atom is 0.404 e. The number of thioether (sulfide) groups is 1.